The van der Waals surface area contributed by atoms with E-state index in [1.165, 1.54) is 0 Å². The van der Waals surface area contributed by atoms with Crippen molar-refractivity contribution in [3.8, 4) is 0 Å². The summed E-state index contributed by atoms with van der Waals surface area (Å²) in [6, 6.07) is 7.78. The monoisotopic (exact) mass is 255 g/mol. The number of hydrogen-bond donors (Lipinski definition) is 1. The molecule has 0 unspecified atom stereocenters. The van der Waals surface area contributed by atoms with Crippen LogP contribution >= 0.6 is 23.8 Å². The van der Waals surface area contributed by atoms with Gasteiger partial charge in [-0.15, -0.1) is 0 Å². The van der Waals surface area contributed by atoms with Gasteiger partial charge < -0.3 is 9.80 Å². The third-order valence-electron chi connectivity index (χ3n) is 3.00. The summed E-state index contributed by atoms with van der Waals surface area (Å²) in [6.07, 6.45) is 0. The van der Waals surface area contributed by atoms with Gasteiger partial charge in [0.1, 0.15) is 4.99 Å². The van der Waals surface area contributed by atoms with Crippen LogP contribution in [0.2, 0.25) is 5.02 Å². The van der Waals surface area contributed by atoms with E-state index in [0.29, 0.717) is 0 Å². The van der Waals surface area contributed by atoms with E-state index in [0.717, 1.165) is 41.8 Å². The van der Waals surface area contributed by atoms with Crippen LogP contribution in [0.5, 0.6) is 0 Å². The highest BCUT2D eigenvalue weighted by Gasteiger charge is 2.19. The van der Waals surface area contributed by atoms with Crippen LogP contribution in [0.3, 0.4) is 0 Å². The van der Waals surface area contributed by atoms with Crippen LogP contribution in [-0.4, -0.2) is 43.1 Å². The molecule has 2 rings (SSSR count). The molecule has 0 atom stereocenters. The molecule has 1 fully saturated rings. The fourth-order valence-electron chi connectivity index (χ4n) is 1.87. The van der Waals surface area contributed by atoms with E-state index >= 15 is 0 Å². The van der Waals surface area contributed by atoms with Crippen LogP contribution in [0.15, 0.2) is 24.3 Å². The lowest BCUT2D eigenvalue weighted by molar-refractivity contribution is -0.883. The number of rotatable bonds is 1. The van der Waals surface area contributed by atoms with Crippen LogP contribution in [-0.2, 0) is 0 Å². The van der Waals surface area contributed by atoms with Gasteiger partial charge >= 0.3 is 0 Å². The third kappa shape index (κ3) is 2.73. The molecule has 1 aromatic rings. The lowest BCUT2D eigenvalue weighted by Crippen LogP contribution is -3.12. The molecule has 0 aromatic heterocycles. The predicted octanol–water partition coefficient (Wildman–Crippen LogP) is 0.846. The summed E-state index contributed by atoms with van der Waals surface area (Å²) < 4.78 is 0. The highest BCUT2D eigenvalue weighted by Crippen LogP contribution is 2.12. The molecule has 0 radical (unpaired) electrons. The maximum atomic E-state index is 5.86. The molecule has 0 spiro atoms. The van der Waals surface area contributed by atoms with Gasteiger partial charge in [0.15, 0.2) is 0 Å². The van der Waals surface area contributed by atoms with Gasteiger partial charge in [0.2, 0.25) is 0 Å². The molecule has 1 N–H and O–H groups in total. The van der Waals surface area contributed by atoms with Gasteiger partial charge in [-0.3, -0.25) is 0 Å². The maximum Gasteiger partial charge on any atom is 0.109 e. The van der Waals surface area contributed by atoms with Gasteiger partial charge in [-0.25, -0.2) is 0 Å². The van der Waals surface area contributed by atoms with Crippen molar-refractivity contribution in [1.82, 2.24) is 4.90 Å². The average molecular weight is 256 g/mol. The number of thiocarbonyl (C=S) groups is 1. The lowest BCUT2D eigenvalue weighted by Gasteiger charge is -2.32. The second-order valence-electron chi connectivity index (χ2n) is 4.26. The predicted molar refractivity (Wildman–Crippen MR) is 71.3 cm³/mol. The number of benzene rings is 1. The quantitative estimate of drug-likeness (QED) is 0.744. The van der Waals surface area contributed by atoms with Crippen LogP contribution in [0.1, 0.15) is 5.56 Å². The number of piperazine rings is 1. The molecule has 1 aliphatic heterocycles. The third-order valence-corrected chi connectivity index (χ3v) is 3.74. The number of hydrogen-bond acceptors (Lipinski definition) is 1. The number of quaternary nitrogens is 1. The van der Waals surface area contributed by atoms with E-state index < -0.39 is 0 Å². The Labute approximate surface area is 107 Å². The highest BCUT2D eigenvalue weighted by atomic mass is 35.5. The van der Waals surface area contributed by atoms with E-state index in [9.17, 15) is 0 Å². The van der Waals surface area contributed by atoms with E-state index in [-0.39, 0.29) is 0 Å². The summed E-state index contributed by atoms with van der Waals surface area (Å²) in [5, 5.41) is 0.759. The number of nitrogens with one attached hydrogen (secondary N) is 1. The standard InChI is InChI=1S/C12H15ClN2S/c1-14-6-8-15(9-7-14)12(16)10-2-4-11(13)5-3-10/h2-5H,6-9H2,1H3/p+1. The number of likely N-dealkylation sites (N-methyl/N-ethyl adjacent to an activating group) is 1. The van der Waals surface area contributed by atoms with Gasteiger partial charge in [-0.05, 0) is 12.1 Å². The van der Waals surface area contributed by atoms with Crippen molar-refractivity contribution in [3.63, 3.8) is 0 Å². The fraction of sp³-hybridized carbons (Fsp3) is 0.417. The summed E-state index contributed by atoms with van der Waals surface area (Å²) >= 11 is 11.4. The van der Waals surface area contributed by atoms with E-state index in [1.807, 2.05) is 24.3 Å². The van der Waals surface area contributed by atoms with Crippen LogP contribution in [0, 0.1) is 0 Å². The van der Waals surface area contributed by atoms with Gasteiger partial charge in [-0.1, -0.05) is 36.0 Å². The molecule has 1 heterocycles. The second kappa shape index (κ2) is 5.13. The zero-order valence-electron chi connectivity index (χ0n) is 9.37. The first kappa shape index (κ1) is 11.8. The topological polar surface area (TPSA) is 7.68 Å². The van der Waals surface area contributed by atoms with Crippen LogP contribution in [0.4, 0.5) is 0 Å². The fourth-order valence-corrected chi connectivity index (χ4v) is 2.31. The lowest BCUT2D eigenvalue weighted by atomic mass is 10.2. The van der Waals surface area contributed by atoms with Gasteiger partial charge in [0.05, 0.1) is 33.2 Å². The molecular weight excluding hydrogens is 240 g/mol. The molecule has 1 aromatic carbocycles. The SMILES string of the molecule is C[NH+]1CCN(C(=S)c2ccc(Cl)cc2)CC1. The summed E-state index contributed by atoms with van der Waals surface area (Å²) in [5.74, 6) is 0. The molecule has 0 aliphatic carbocycles. The molecule has 86 valence electrons. The minimum atomic E-state index is 0.759. The molecule has 4 heteroatoms. The van der Waals surface area contributed by atoms with Crippen molar-refractivity contribution >= 4 is 28.8 Å². The van der Waals surface area contributed by atoms with Crippen LogP contribution in [0.25, 0.3) is 0 Å². The van der Waals surface area contributed by atoms with Gasteiger partial charge in [0.25, 0.3) is 0 Å². The van der Waals surface area contributed by atoms with E-state index in [1.54, 1.807) is 4.90 Å². The molecule has 1 saturated heterocycles. The average Bonchev–Trinajstić information content (AvgIpc) is 2.30. The smallest absolute Gasteiger partial charge is 0.109 e. The van der Waals surface area contributed by atoms with Gasteiger partial charge in [0, 0.05) is 10.6 Å². The minimum Gasteiger partial charge on any atom is -0.351 e. The molecule has 16 heavy (non-hydrogen) atoms. The Morgan fingerprint density at radius 2 is 1.81 bits per heavy atom. The van der Waals surface area contributed by atoms with Crippen molar-refractivity contribution in [3.05, 3.63) is 34.9 Å². The first-order valence-corrected chi connectivity index (χ1v) is 6.31. The first-order valence-electron chi connectivity index (χ1n) is 5.53. The number of nitrogens with zero attached hydrogens (tertiary/aromatic N) is 1. The Morgan fingerprint density at radius 1 is 1.25 bits per heavy atom. The molecule has 1 aliphatic rings. The Hall–Kier alpha value is -0.640. The minimum absolute atomic E-state index is 0.759. The summed E-state index contributed by atoms with van der Waals surface area (Å²) in [6.45, 7) is 4.42. The second-order valence-corrected chi connectivity index (χ2v) is 5.08. The van der Waals surface area contributed by atoms with E-state index in [4.69, 9.17) is 23.8 Å². The molecule has 0 amide bonds. The Morgan fingerprint density at radius 3 is 2.38 bits per heavy atom. The van der Waals surface area contributed by atoms with E-state index in [2.05, 4.69) is 11.9 Å². The molecule has 2 nitrogen and oxygen atoms in total. The molecule has 0 bridgehead atoms. The Balaban J connectivity index is 2.05. The van der Waals surface area contributed by atoms with Crippen LogP contribution < -0.4 is 4.90 Å². The maximum absolute atomic E-state index is 5.86. The Kier molecular flexibility index (Phi) is 3.79. The van der Waals surface area contributed by atoms with Crippen molar-refractivity contribution in [1.29, 1.82) is 0 Å². The Bertz CT molecular complexity index is 369. The zero-order valence-corrected chi connectivity index (χ0v) is 10.9. The largest absolute Gasteiger partial charge is 0.351 e. The zero-order chi connectivity index (χ0) is 11.5. The first-order chi connectivity index (χ1) is 7.66. The summed E-state index contributed by atoms with van der Waals surface area (Å²) in [4.78, 5) is 4.81. The van der Waals surface area contributed by atoms with Crippen molar-refractivity contribution in [2.24, 2.45) is 0 Å². The molecular formula is C12H16ClN2S+. The normalized spacial score (nSPS) is 17.5. The van der Waals surface area contributed by atoms with Crippen molar-refractivity contribution in [2.45, 2.75) is 0 Å². The highest BCUT2D eigenvalue weighted by molar-refractivity contribution is 7.80. The number of halogens is 1. The summed E-state index contributed by atoms with van der Waals surface area (Å²) in [7, 11) is 2.22. The summed E-state index contributed by atoms with van der Waals surface area (Å²) in [5.41, 5.74) is 1.10. The van der Waals surface area contributed by atoms with Crippen molar-refractivity contribution < 1.29 is 4.90 Å². The van der Waals surface area contributed by atoms with Crippen molar-refractivity contribution in [2.75, 3.05) is 33.2 Å². The van der Waals surface area contributed by atoms with Gasteiger partial charge in [-0.2, -0.15) is 0 Å². The molecule has 0 saturated carbocycles.